The Bertz CT molecular complexity index is 272. The van der Waals surface area contributed by atoms with Crippen LogP contribution >= 0.6 is 0 Å². The van der Waals surface area contributed by atoms with E-state index in [1.54, 1.807) is 0 Å². The number of hydrogen-bond donors (Lipinski definition) is 3. The Morgan fingerprint density at radius 1 is 1.41 bits per heavy atom. The van der Waals surface area contributed by atoms with Crippen molar-refractivity contribution in [2.75, 3.05) is 6.54 Å². The average molecular weight is 241 g/mol. The topological polar surface area (TPSA) is 67.1 Å². The van der Waals surface area contributed by atoms with Crippen molar-refractivity contribution < 1.29 is 4.79 Å². The highest BCUT2D eigenvalue weighted by molar-refractivity contribution is 5.75. The predicted molar refractivity (Wildman–Crippen MR) is 70.8 cm³/mol. The van der Waals surface area contributed by atoms with Gasteiger partial charge in [0.1, 0.15) is 0 Å². The molecule has 2 amide bonds. The molecule has 2 atom stereocenters. The monoisotopic (exact) mass is 241 g/mol. The minimum atomic E-state index is -0.215. The predicted octanol–water partition coefficient (Wildman–Crippen LogP) is 1.99. The number of urea groups is 1. The van der Waals surface area contributed by atoms with Crippen molar-refractivity contribution in [1.82, 2.24) is 10.6 Å². The van der Waals surface area contributed by atoms with Gasteiger partial charge in [-0.15, -0.1) is 0 Å². The lowest BCUT2D eigenvalue weighted by Crippen LogP contribution is -2.62. The summed E-state index contributed by atoms with van der Waals surface area (Å²) >= 11 is 0. The number of amides is 2. The van der Waals surface area contributed by atoms with Crippen LogP contribution in [-0.4, -0.2) is 23.7 Å². The third-order valence-electron chi connectivity index (χ3n) is 3.67. The van der Waals surface area contributed by atoms with E-state index in [4.69, 9.17) is 5.73 Å². The molecule has 1 fully saturated rings. The summed E-state index contributed by atoms with van der Waals surface area (Å²) in [5.74, 6) is 0.451. The van der Waals surface area contributed by atoms with E-state index in [2.05, 4.69) is 17.6 Å². The molecule has 17 heavy (non-hydrogen) atoms. The number of carbonyl (C=O) groups is 1. The van der Waals surface area contributed by atoms with Gasteiger partial charge in [-0.3, -0.25) is 0 Å². The van der Waals surface area contributed by atoms with Gasteiger partial charge in [0, 0.05) is 12.1 Å². The highest BCUT2D eigenvalue weighted by Crippen LogP contribution is 2.32. The van der Waals surface area contributed by atoms with Crippen LogP contribution in [0, 0.1) is 5.92 Å². The van der Waals surface area contributed by atoms with Crippen molar-refractivity contribution in [2.45, 2.75) is 64.5 Å². The largest absolute Gasteiger partial charge is 0.334 e. The van der Waals surface area contributed by atoms with Gasteiger partial charge >= 0.3 is 6.03 Å². The Kier molecular flexibility index (Phi) is 4.42. The molecule has 4 heteroatoms. The van der Waals surface area contributed by atoms with Crippen LogP contribution in [-0.2, 0) is 0 Å². The lowest BCUT2D eigenvalue weighted by molar-refractivity contribution is 0.157. The van der Waals surface area contributed by atoms with Crippen LogP contribution in [0.3, 0.4) is 0 Å². The summed E-state index contributed by atoms with van der Waals surface area (Å²) in [5.41, 5.74) is 5.47. The SMILES string of the molecule is CC1CCCCC1(CN)NC(=O)NC(C)(C)C. The van der Waals surface area contributed by atoms with Crippen LogP contribution in [0.25, 0.3) is 0 Å². The van der Waals surface area contributed by atoms with Crippen molar-refractivity contribution in [3.05, 3.63) is 0 Å². The van der Waals surface area contributed by atoms with Crippen LogP contribution in [0.15, 0.2) is 0 Å². The first kappa shape index (κ1) is 14.3. The number of nitrogens with two attached hydrogens (primary N) is 1. The Hall–Kier alpha value is -0.770. The van der Waals surface area contributed by atoms with Crippen molar-refractivity contribution in [3.8, 4) is 0 Å². The summed E-state index contributed by atoms with van der Waals surface area (Å²) in [7, 11) is 0. The molecule has 0 heterocycles. The van der Waals surface area contributed by atoms with Crippen LogP contribution in [0.4, 0.5) is 4.79 Å². The fraction of sp³-hybridized carbons (Fsp3) is 0.923. The Labute approximate surface area is 105 Å². The average Bonchev–Trinajstić information content (AvgIpc) is 2.19. The standard InChI is InChI=1S/C13H27N3O/c1-10-7-5-6-8-13(10,9-14)16-11(17)15-12(2,3)4/h10H,5-9,14H2,1-4H3,(H2,15,16,17). The van der Waals surface area contributed by atoms with Crippen molar-refractivity contribution >= 4 is 6.03 Å². The second kappa shape index (κ2) is 5.25. The van der Waals surface area contributed by atoms with E-state index in [1.165, 1.54) is 6.42 Å². The molecule has 100 valence electrons. The molecule has 0 radical (unpaired) electrons. The van der Waals surface area contributed by atoms with E-state index in [1.807, 2.05) is 20.8 Å². The van der Waals surface area contributed by atoms with Crippen molar-refractivity contribution in [2.24, 2.45) is 11.7 Å². The van der Waals surface area contributed by atoms with Gasteiger partial charge in [0.25, 0.3) is 0 Å². The second-order valence-corrected chi connectivity index (χ2v) is 6.34. The second-order valence-electron chi connectivity index (χ2n) is 6.34. The van der Waals surface area contributed by atoms with E-state index in [-0.39, 0.29) is 17.1 Å². The van der Waals surface area contributed by atoms with Gasteiger partial charge in [-0.25, -0.2) is 4.79 Å². The molecule has 1 aliphatic rings. The van der Waals surface area contributed by atoms with Gasteiger partial charge in [0.05, 0.1) is 5.54 Å². The van der Waals surface area contributed by atoms with E-state index < -0.39 is 0 Å². The van der Waals surface area contributed by atoms with Crippen LogP contribution in [0.1, 0.15) is 53.4 Å². The van der Waals surface area contributed by atoms with E-state index >= 15 is 0 Å². The summed E-state index contributed by atoms with van der Waals surface area (Å²) in [4.78, 5) is 12.0. The maximum absolute atomic E-state index is 12.0. The van der Waals surface area contributed by atoms with Crippen LogP contribution < -0.4 is 16.4 Å². The summed E-state index contributed by atoms with van der Waals surface area (Å²) in [6.07, 6.45) is 4.53. The van der Waals surface area contributed by atoms with Gasteiger partial charge in [0.2, 0.25) is 0 Å². The van der Waals surface area contributed by atoms with E-state index in [0.29, 0.717) is 12.5 Å². The van der Waals surface area contributed by atoms with Crippen LogP contribution in [0.2, 0.25) is 0 Å². The molecule has 0 saturated heterocycles. The lowest BCUT2D eigenvalue weighted by Gasteiger charge is -2.43. The third kappa shape index (κ3) is 3.87. The summed E-state index contributed by atoms with van der Waals surface area (Å²) in [5, 5.41) is 6.05. The first-order valence-electron chi connectivity index (χ1n) is 6.59. The maximum atomic E-state index is 12.0. The number of rotatable bonds is 2. The van der Waals surface area contributed by atoms with Gasteiger partial charge in [-0.2, -0.15) is 0 Å². The number of hydrogen-bond acceptors (Lipinski definition) is 2. The van der Waals surface area contributed by atoms with Crippen molar-refractivity contribution in [1.29, 1.82) is 0 Å². The minimum absolute atomic E-state index is 0.100. The molecule has 0 aromatic carbocycles. The van der Waals surface area contributed by atoms with Crippen LogP contribution in [0.5, 0.6) is 0 Å². The molecule has 1 saturated carbocycles. The molecule has 0 aromatic heterocycles. The van der Waals surface area contributed by atoms with Gasteiger partial charge < -0.3 is 16.4 Å². The Morgan fingerprint density at radius 3 is 2.53 bits per heavy atom. The summed E-state index contributed by atoms with van der Waals surface area (Å²) < 4.78 is 0. The molecule has 2 unspecified atom stereocenters. The first-order chi connectivity index (χ1) is 7.79. The normalized spacial score (nSPS) is 29.8. The summed E-state index contributed by atoms with van der Waals surface area (Å²) in [6, 6.07) is -0.100. The molecule has 0 aliphatic heterocycles. The smallest absolute Gasteiger partial charge is 0.315 e. The quantitative estimate of drug-likeness (QED) is 0.692. The minimum Gasteiger partial charge on any atom is -0.334 e. The highest BCUT2D eigenvalue weighted by Gasteiger charge is 2.38. The molecule has 0 spiro atoms. The lowest BCUT2D eigenvalue weighted by atomic mass is 9.73. The zero-order valence-electron chi connectivity index (χ0n) is 11.6. The molecule has 1 aliphatic carbocycles. The molecule has 0 bridgehead atoms. The third-order valence-corrected chi connectivity index (χ3v) is 3.67. The van der Waals surface area contributed by atoms with Crippen molar-refractivity contribution in [3.63, 3.8) is 0 Å². The first-order valence-corrected chi connectivity index (χ1v) is 6.59. The molecular weight excluding hydrogens is 214 g/mol. The number of nitrogens with one attached hydrogen (secondary N) is 2. The van der Waals surface area contributed by atoms with Gasteiger partial charge in [0.15, 0.2) is 0 Å². The van der Waals surface area contributed by atoms with E-state index in [9.17, 15) is 4.79 Å². The molecule has 4 N–H and O–H groups in total. The highest BCUT2D eigenvalue weighted by atomic mass is 16.2. The zero-order valence-corrected chi connectivity index (χ0v) is 11.6. The molecule has 4 nitrogen and oxygen atoms in total. The molecular formula is C13H27N3O. The van der Waals surface area contributed by atoms with E-state index in [0.717, 1.165) is 19.3 Å². The molecule has 1 rings (SSSR count). The van der Waals surface area contributed by atoms with Gasteiger partial charge in [-0.1, -0.05) is 19.8 Å². The summed E-state index contributed by atoms with van der Waals surface area (Å²) in [6.45, 7) is 8.64. The zero-order chi connectivity index (χ0) is 13.1. The molecule has 0 aromatic rings. The fourth-order valence-corrected chi connectivity index (χ4v) is 2.55. The van der Waals surface area contributed by atoms with Gasteiger partial charge in [-0.05, 0) is 39.5 Å². The fourth-order valence-electron chi connectivity index (χ4n) is 2.55. The Morgan fingerprint density at radius 2 is 2.06 bits per heavy atom. The maximum Gasteiger partial charge on any atom is 0.315 e. The Balaban J connectivity index is 2.65. The number of carbonyl (C=O) groups excluding carboxylic acids is 1.